The van der Waals surface area contributed by atoms with Crippen molar-refractivity contribution in [1.82, 2.24) is 0 Å². The quantitative estimate of drug-likeness (QED) is 0.192. The molecule has 0 N–H and O–H groups in total. The molecule has 0 bridgehead atoms. The molecule has 0 spiro atoms. The molecular weight excluding hydrogens is 432 g/mol. The molecule has 1 aliphatic rings. The summed E-state index contributed by atoms with van der Waals surface area (Å²) in [6, 6.07) is 12.8. The van der Waals surface area contributed by atoms with Gasteiger partial charge in [-0.05, 0) is 80.8 Å². The molecule has 2 aromatic carbocycles. The van der Waals surface area contributed by atoms with Crippen LogP contribution < -0.4 is 4.74 Å². The second-order valence-corrected chi connectivity index (χ2v) is 9.65. The Morgan fingerprint density at radius 2 is 1.74 bits per heavy atom. The number of hydrogen-bond acceptors (Lipinski definition) is 3. The number of esters is 1. The topological polar surface area (TPSA) is 35.5 Å². The monoisotopic (exact) mass is 474 g/mol. The maximum atomic E-state index is 11.6. The Kier molecular flexibility index (Phi) is 10.3. The van der Waals surface area contributed by atoms with Gasteiger partial charge in [0.25, 0.3) is 0 Å². The molecule has 0 fully saturated rings. The highest BCUT2D eigenvalue weighted by Gasteiger charge is 2.35. The Morgan fingerprint density at radius 1 is 0.971 bits per heavy atom. The minimum atomic E-state index is -0.144. The number of ether oxygens (including phenoxy) is 2. The van der Waals surface area contributed by atoms with Crippen LogP contribution in [0.1, 0.15) is 107 Å². The zero-order valence-electron chi connectivity index (χ0n) is 22.2. The number of rotatable bonds is 11. The van der Waals surface area contributed by atoms with Crippen LogP contribution in [0, 0.1) is 11.8 Å². The Labute approximate surface area is 212 Å². The van der Waals surface area contributed by atoms with Gasteiger partial charge in [0.05, 0.1) is 13.2 Å². The second kappa shape index (κ2) is 13.4. The molecule has 0 amide bonds. The summed E-state index contributed by atoms with van der Waals surface area (Å²) < 4.78 is 11.2. The molecule has 188 valence electrons. The molecule has 0 radical (unpaired) electrons. The van der Waals surface area contributed by atoms with E-state index in [1.165, 1.54) is 36.8 Å². The van der Waals surface area contributed by atoms with Crippen molar-refractivity contribution in [2.24, 2.45) is 0 Å². The van der Waals surface area contributed by atoms with E-state index in [2.05, 4.69) is 69.0 Å². The predicted molar refractivity (Wildman–Crippen MR) is 144 cm³/mol. The molecule has 3 heteroatoms. The number of carbonyl (C=O) groups excluding carboxylic acids is 1. The van der Waals surface area contributed by atoms with Crippen LogP contribution in [0.2, 0.25) is 0 Å². The number of unbranched alkanes of at least 4 members (excludes halogenated alkanes) is 3. The van der Waals surface area contributed by atoms with Crippen molar-refractivity contribution in [3.8, 4) is 17.6 Å². The molecule has 0 unspecified atom stereocenters. The Balaban J connectivity index is 1.85. The lowest BCUT2D eigenvalue weighted by Crippen LogP contribution is -2.32. The Bertz CT molecular complexity index is 1020. The zero-order valence-corrected chi connectivity index (χ0v) is 22.2. The first-order valence-electron chi connectivity index (χ1n) is 13.6. The molecule has 2 aromatic rings. The summed E-state index contributed by atoms with van der Waals surface area (Å²) in [4.78, 5) is 11.6. The third-order valence-corrected chi connectivity index (χ3v) is 7.49. The average Bonchev–Trinajstić information content (AvgIpc) is 2.89. The van der Waals surface area contributed by atoms with E-state index in [-0.39, 0.29) is 11.4 Å². The van der Waals surface area contributed by atoms with Crippen molar-refractivity contribution in [3.05, 3.63) is 64.2 Å². The minimum Gasteiger partial charge on any atom is -0.493 e. The number of benzene rings is 2. The number of aryl methyl sites for hydroxylation is 2. The van der Waals surface area contributed by atoms with Crippen LogP contribution in [0.5, 0.6) is 5.75 Å². The van der Waals surface area contributed by atoms with E-state index >= 15 is 0 Å². The molecule has 3 rings (SSSR count). The van der Waals surface area contributed by atoms with Gasteiger partial charge >= 0.3 is 5.97 Å². The highest BCUT2D eigenvalue weighted by Crippen LogP contribution is 2.44. The first-order chi connectivity index (χ1) is 17.0. The van der Waals surface area contributed by atoms with Gasteiger partial charge in [-0.3, -0.25) is 4.79 Å². The highest BCUT2D eigenvalue weighted by atomic mass is 16.5. The zero-order chi connectivity index (χ0) is 25.1. The van der Waals surface area contributed by atoms with E-state index in [0.717, 1.165) is 54.7 Å². The van der Waals surface area contributed by atoms with Crippen LogP contribution in [0.4, 0.5) is 0 Å². The van der Waals surface area contributed by atoms with Crippen LogP contribution in [-0.2, 0) is 27.8 Å². The van der Waals surface area contributed by atoms with Crippen molar-refractivity contribution < 1.29 is 14.3 Å². The molecule has 0 aromatic heterocycles. The van der Waals surface area contributed by atoms with Gasteiger partial charge in [0.15, 0.2) is 0 Å². The lowest BCUT2D eigenvalue weighted by Gasteiger charge is -2.38. The maximum absolute atomic E-state index is 11.6. The molecule has 35 heavy (non-hydrogen) atoms. The van der Waals surface area contributed by atoms with Gasteiger partial charge in [0.2, 0.25) is 0 Å². The predicted octanol–water partition coefficient (Wildman–Crippen LogP) is 7.55. The number of carbonyl (C=O) groups is 1. The lowest BCUT2D eigenvalue weighted by molar-refractivity contribution is -0.143. The number of fused-ring (bicyclic) bond motifs is 1. The van der Waals surface area contributed by atoms with Crippen molar-refractivity contribution in [3.63, 3.8) is 0 Å². The summed E-state index contributed by atoms with van der Waals surface area (Å²) >= 11 is 0. The van der Waals surface area contributed by atoms with Gasteiger partial charge < -0.3 is 9.47 Å². The fourth-order valence-corrected chi connectivity index (χ4v) is 5.07. The molecule has 1 aliphatic heterocycles. The SMILES string of the molecule is CCCCCCc1cc2c(cc1C#Cc1ccc(CCC(=O)OCC)cc1)C(CC)(CC)CCO2. The van der Waals surface area contributed by atoms with Gasteiger partial charge in [-0.2, -0.15) is 0 Å². The van der Waals surface area contributed by atoms with E-state index in [4.69, 9.17) is 9.47 Å². The summed E-state index contributed by atoms with van der Waals surface area (Å²) in [6.07, 6.45) is 10.4. The van der Waals surface area contributed by atoms with E-state index in [1.807, 2.05) is 6.92 Å². The normalized spacial score (nSPS) is 13.8. The summed E-state index contributed by atoms with van der Waals surface area (Å²) in [7, 11) is 0. The van der Waals surface area contributed by atoms with E-state index < -0.39 is 0 Å². The standard InChI is InChI=1S/C32H42O3/c1-5-9-10-11-12-27-24-30-29(32(6-2,7-3)21-22-35-30)23-28(27)19-17-25-13-15-26(16-14-25)18-20-31(33)34-8-4/h13-16,23-24H,5-12,18,20-22H2,1-4H3. The van der Waals surface area contributed by atoms with Gasteiger partial charge in [0, 0.05) is 28.5 Å². The van der Waals surface area contributed by atoms with Crippen LogP contribution in [0.25, 0.3) is 0 Å². The molecule has 0 saturated heterocycles. The first-order valence-corrected chi connectivity index (χ1v) is 13.6. The molecule has 0 aliphatic carbocycles. The van der Waals surface area contributed by atoms with Crippen molar-refractivity contribution >= 4 is 5.97 Å². The summed E-state index contributed by atoms with van der Waals surface area (Å²) in [5.74, 6) is 7.84. The first kappa shape index (κ1) is 26.9. The fourth-order valence-electron chi connectivity index (χ4n) is 5.07. The fraction of sp³-hybridized carbons (Fsp3) is 0.531. The minimum absolute atomic E-state index is 0.144. The Hall–Kier alpha value is -2.73. The van der Waals surface area contributed by atoms with Gasteiger partial charge in [0.1, 0.15) is 5.75 Å². The molecule has 3 nitrogen and oxygen atoms in total. The largest absolute Gasteiger partial charge is 0.493 e. The van der Waals surface area contributed by atoms with Gasteiger partial charge in [-0.15, -0.1) is 0 Å². The van der Waals surface area contributed by atoms with Crippen LogP contribution >= 0.6 is 0 Å². The summed E-state index contributed by atoms with van der Waals surface area (Å²) in [6.45, 7) is 9.92. The molecule has 0 atom stereocenters. The summed E-state index contributed by atoms with van der Waals surface area (Å²) in [5.41, 5.74) is 6.09. The van der Waals surface area contributed by atoms with Crippen LogP contribution in [0.3, 0.4) is 0 Å². The second-order valence-electron chi connectivity index (χ2n) is 9.65. The van der Waals surface area contributed by atoms with Crippen molar-refractivity contribution in [2.75, 3.05) is 13.2 Å². The van der Waals surface area contributed by atoms with Crippen LogP contribution in [0.15, 0.2) is 36.4 Å². The van der Waals surface area contributed by atoms with E-state index in [1.54, 1.807) is 0 Å². The maximum Gasteiger partial charge on any atom is 0.306 e. The lowest BCUT2D eigenvalue weighted by atomic mass is 9.71. The van der Waals surface area contributed by atoms with Crippen LogP contribution in [-0.4, -0.2) is 19.2 Å². The van der Waals surface area contributed by atoms with E-state index in [9.17, 15) is 4.79 Å². The third kappa shape index (κ3) is 7.14. The molecule has 0 saturated carbocycles. The van der Waals surface area contributed by atoms with Gasteiger partial charge in [-0.1, -0.05) is 64.0 Å². The van der Waals surface area contributed by atoms with E-state index in [0.29, 0.717) is 19.4 Å². The van der Waals surface area contributed by atoms with Crippen molar-refractivity contribution in [2.45, 2.75) is 97.3 Å². The van der Waals surface area contributed by atoms with Crippen molar-refractivity contribution in [1.29, 1.82) is 0 Å². The average molecular weight is 475 g/mol. The molecular formula is C32H42O3. The van der Waals surface area contributed by atoms with Gasteiger partial charge in [-0.25, -0.2) is 0 Å². The number of hydrogen-bond donors (Lipinski definition) is 0. The highest BCUT2D eigenvalue weighted by molar-refractivity contribution is 5.69. The summed E-state index contributed by atoms with van der Waals surface area (Å²) in [5, 5.41) is 0. The third-order valence-electron chi connectivity index (χ3n) is 7.49. The molecule has 1 heterocycles. The smallest absolute Gasteiger partial charge is 0.306 e. The Morgan fingerprint density at radius 3 is 2.43 bits per heavy atom.